The summed E-state index contributed by atoms with van der Waals surface area (Å²) < 4.78 is 19.3. The number of hydrogen-bond acceptors (Lipinski definition) is 3. The number of ether oxygens (including phenoxy) is 1. The lowest BCUT2D eigenvalue weighted by Crippen LogP contribution is -2.49. The summed E-state index contributed by atoms with van der Waals surface area (Å²) in [6, 6.07) is 6.22. The van der Waals surface area contributed by atoms with E-state index in [9.17, 15) is 14.0 Å². The van der Waals surface area contributed by atoms with Crippen LogP contribution < -0.4 is 0 Å². The lowest BCUT2D eigenvalue weighted by atomic mass is 10.1. The molecule has 4 rings (SSSR count). The van der Waals surface area contributed by atoms with E-state index in [1.807, 2.05) is 0 Å². The van der Waals surface area contributed by atoms with Crippen molar-refractivity contribution in [3.05, 3.63) is 35.8 Å². The summed E-state index contributed by atoms with van der Waals surface area (Å²) in [6.45, 7) is 1.06. The number of H-pyrrole nitrogens is 1. The van der Waals surface area contributed by atoms with Gasteiger partial charge in [0.25, 0.3) is 5.91 Å². The van der Waals surface area contributed by atoms with E-state index in [4.69, 9.17) is 4.74 Å². The lowest BCUT2D eigenvalue weighted by Gasteiger charge is -2.32. The third-order valence-electron chi connectivity index (χ3n) is 4.49. The Kier molecular flexibility index (Phi) is 3.41. The smallest absolute Gasteiger partial charge is 0.270 e. The average molecular weight is 316 g/mol. The molecule has 120 valence electrons. The second-order valence-electron chi connectivity index (χ2n) is 6.17. The molecular formula is C17H17FN2O3. The van der Waals surface area contributed by atoms with Gasteiger partial charge in [-0.15, -0.1) is 0 Å². The molecule has 23 heavy (non-hydrogen) atoms. The van der Waals surface area contributed by atoms with Gasteiger partial charge in [-0.05, 0) is 31.0 Å². The maximum absolute atomic E-state index is 13.8. The highest BCUT2D eigenvalue weighted by molar-refractivity contribution is 5.98. The highest BCUT2D eigenvalue weighted by Gasteiger charge is 2.38. The van der Waals surface area contributed by atoms with Gasteiger partial charge < -0.3 is 14.6 Å². The largest absolute Gasteiger partial charge is 0.367 e. The fraction of sp³-hybridized carbons (Fsp3) is 0.412. The van der Waals surface area contributed by atoms with Gasteiger partial charge in [0.2, 0.25) is 0 Å². The molecule has 1 aromatic heterocycles. The predicted molar refractivity (Wildman–Crippen MR) is 81.6 cm³/mol. The Hall–Kier alpha value is -2.21. The van der Waals surface area contributed by atoms with E-state index >= 15 is 0 Å². The number of aromatic nitrogens is 1. The second kappa shape index (κ2) is 5.45. The molecule has 2 heterocycles. The number of Topliss-reactive ketones (excluding diaryl/α,β-unsaturated/α-hetero) is 1. The quantitative estimate of drug-likeness (QED) is 0.943. The van der Waals surface area contributed by atoms with Crippen molar-refractivity contribution < 1.29 is 18.7 Å². The zero-order chi connectivity index (χ0) is 16.0. The molecule has 5 nitrogen and oxygen atoms in total. The van der Waals surface area contributed by atoms with E-state index in [0.717, 1.165) is 12.8 Å². The van der Waals surface area contributed by atoms with Gasteiger partial charge in [-0.2, -0.15) is 0 Å². The predicted octanol–water partition coefficient (Wildman–Crippen LogP) is 2.13. The maximum Gasteiger partial charge on any atom is 0.270 e. The number of halogens is 1. The molecule has 1 unspecified atom stereocenters. The molecule has 6 heteroatoms. The summed E-state index contributed by atoms with van der Waals surface area (Å²) in [5.41, 5.74) is 0.928. The van der Waals surface area contributed by atoms with Crippen LogP contribution in [0, 0.1) is 11.7 Å². The topological polar surface area (TPSA) is 62.4 Å². The fourth-order valence-electron chi connectivity index (χ4n) is 3.04. The van der Waals surface area contributed by atoms with Crippen LogP contribution in [0.15, 0.2) is 24.3 Å². The lowest BCUT2D eigenvalue weighted by molar-refractivity contribution is -0.136. The van der Waals surface area contributed by atoms with Gasteiger partial charge in [0.05, 0.1) is 13.2 Å². The number of ketones is 1. The molecule has 1 aliphatic carbocycles. The minimum atomic E-state index is -0.527. The SMILES string of the molecule is O=C(C1CC1)C1CN(C(=O)c2cc3c(F)cccc3[nH]2)CCO1. The van der Waals surface area contributed by atoms with Gasteiger partial charge in [0, 0.05) is 23.4 Å². The van der Waals surface area contributed by atoms with Gasteiger partial charge in [-0.1, -0.05) is 6.07 Å². The summed E-state index contributed by atoms with van der Waals surface area (Å²) in [6.07, 6.45) is 1.32. The van der Waals surface area contributed by atoms with Crippen LogP contribution in [0.3, 0.4) is 0 Å². The Morgan fingerprint density at radius 3 is 2.87 bits per heavy atom. The van der Waals surface area contributed by atoms with Crippen LogP contribution in [-0.4, -0.2) is 47.4 Å². The number of hydrogen-bond donors (Lipinski definition) is 1. The number of amides is 1. The molecule has 1 atom stereocenters. The first-order valence-electron chi connectivity index (χ1n) is 7.85. The van der Waals surface area contributed by atoms with Crippen LogP contribution in [0.5, 0.6) is 0 Å². The normalized spacial score (nSPS) is 21.6. The van der Waals surface area contributed by atoms with Crippen molar-refractivity contribution in [1.29, 1.82) is 0 Å². The third kappa shape index (κ3) is 2.63. The Morgan fingerprint density at radius 1 is 1.30 bits per heavy atom. The molecule has 1 amide bonds. The summed E-state index contributed by atoms with van der Waals surface area (Å²) in [7, 11) is 0. The van der Waals surface area contributed by atoms with Crippen LogP contribution >= 0.6 is 0 Å². The molecule has 0 radical (unpaired) electrons. The first kappa shape index (κ1) is 14.4. The molecule has 0 bridgehead atoms. The molecule has 1 saturated carbocycles. The summed E-state index contributed by atoms with van der Waals surface area (Å²) in [4.78, 5) is 29.3. The van der Waals surface area contributed by atoms with E-state index in [1.54, 1.807) is 17.0 Å². The number of aromatic amines is 1. The van der Waals surface area contributed by atoms with Crippen molar-refractivity contribution in [2.45, 2.75) is 18.9 Å². The number of benzene rings is 1. The Bertz CT molecular complexity index is 781. The van der Waals surface area contributed by atoms with E-state index < -0.39 is 6.10 Å². The van der Waals surface area contributed by atoms with Crippen molar-refractivity contribution in [3.8, 4) is 0 Å². The van der Waals surface area contributed by atoms with E-state index in [1.165, 1.54) is 12.1 Å². The van der Waals surface area contributed by atoms with Crippen molar-refractivity contribution in [2.75, 3.05) is 19.7 Å². The number of nitrogens with one attached hydrogen (secondary N) is 1. The van der Waals surface area contributed by atoms with E-state index in [-0.39, 0.29) is 30.0 Å². The maximum atomic E-state index is 13.8. The molecule has 1 aliphatic heterocycles. The van der Waals surface area contributed by atoms with Gasteiger partial charge >= 0.3 is 0 Å². The average Bonchev–Trinajstić information content (AvgIpc) is 3.32. The van der Waals surface area contributed by atoms with Crippen molar-refractivity contribution in [1.82, 2.24) is 9.88 Å². The zero-order valence-corrected chi connectivity index (χ0v) is 12.5. The van der Waals surface area contributed by atoms with Crippen LogP contribution in [0.4, 0.5) is 4.39 Å². The molecular weight excluding hydrogens is 299 g/mol. The van der Waals surface area contributed by atoms with Crippen molar-refractivity contribution >= 4 is 22.6 Å². The summed E-state index contributed by atoms with van der Waals surface area (Å²) in [5.74, 6) is -0.374. The van der Waals surface area contributed by atoms with Crippen LogP contribution in [0.1, 0.15) is 23.3 Å². The first-order chi connectivity index (χ1) is 11.1. The van der Waals surface area contributed by atoms with Crippen LogP contribution in [0.2, 0.25) is 0 Å². The molecule has 0 spiro atoms. The molecule has 1 N–H and O–H groups in total. The summed E-state index contributed by atoms with van der Waals surface area (Å²) >= 11 is 0. The van der Waals surface area contributed by atoms with E-state index in [2.05, 4.69) is 4.98 Å². The molecule has 1 aromatic carbocycles. The van der Waals surface area contributed by atoms with Crippen molar-refractivity contribution in [3.63, 3.8) is 0 Å². The number of carbonyl (C=O) groups excluding carboxylic acids is 2. The number of carbonyl (C=O) groups is 2. The first-order valence-corrected chi connectivity index (χ1v) is 7.85. The zero-order valence-electron chi connectivity index (χ0n) is 12.5. The van der Waals surface area contributed by atoms with Gasteiger partial charge in [0.1, 0.15) is 17.6 Å². The standard InChI is InChI=1S/C17H17FN2O3/c18-12-2-1-3-13-11(12)8-14(19-13)17(22)20-6-7-23-15(9-20)16(21)10-4-5-10/h1-3,8,10,15,19H,4-7,9H2. The fourth-order valence-corrected chi connectivity index (χ4v) is 3.04. The number of rotatable bonds is 3. The minimum absolute atomic E-state index is 0.102. The van der Waals surface area contributed by atoms with Gasteiger partial charge in [-0.25, -0.2) is 4.39 Å². The minimum Gasteiger partial charge on any atom is -0.367 e. The Balaban J connectivity index is 1.55. The molecule has 2 aliphatic rings. The number of morpholine rings is 1. The second-order valence-corrected chi connectivity index (χ2v) is 6.17. The molecule has 2 aromatic rings. The van der Waals surface area contributed by atoms with Crippen LogP contribution in [0.25, 0.3) is 10.9 Å². The van der Waals surface area contributed by atoms with Gasteiger partial charge in [0.15, 0.2) is 5.78 Å². The third-order valence-corrected chi connectivity index (χ3v) is 4.49. The number of fused-ring (bicyclic) bond motifs is 1. The Morgan fingerprint density at radius 2 is 2.13 bits per heavy atom. The van der Waals surface area contributed by atoms with Crippen molar-refractivity contribution in [2.24, 2.45) is 5.92 Å². The molecule has 2 fully saturated rings. The number of nitrogens with zero attached hydrogens (tertiary/aromatic N) is 1. The summed E-state index contributed by atoms with van der Waals surface area (Å²) in [5, 5.41) is 0.398. The van der Waals surface area contributed by atoms with E-state index in [0.29, 0.717) is 29.7 Å². The monoisotopic (exact) mass is 316 g/mol. The van der Waals surface area contributed by atoms with Crippen LogP contribution in [-0.2, 0) is 9.53 Å². The molecule has 1 saturated heterocycles. The highest BCUT2D eigenvalue weighted by Crippen LogP contribution is 2.32. The highest BCUT2D eigenvalue weighted by atomic mass is 19.1. The Labute approximate surface area is 132 Å². The van der Waals surface area contributed by atoms with Gasteiger partial charge in [-0.3, -0.25) is 9.59 Å².